The molecule has 0 fully saturated rings. The summed E-state index contributed by atoms with van der Waals surface area (Å²) in [6.07, 6.45) is 1.16. The first-order valence-electron chi connectivity index (χ1n) is 4.24. The fraction of sp³-hybridized carbons (Fsp3) is 0.400. The van der Waals surface area contributed by atoms with Crippen LogP contribution in [0.3, 0.4) is 0 Å². The minimum absolute atomic E-state index is 0.187. The summed E-state index contributed by atoms with van der Waals surface area (Å²) in [5.74, 6) is 0.331. The number of rotatable bonds is 1. The lowest BCUT2D eigenvalue weighted by molar-refractivity contribution is 0.0636. The molecule has 1 aromatic rings. The Morgan fingerprint density at radius 1 is 1.58 bits per heavy atom. The molecule has 0 saturated carbocycles. The van der Waals surface area contributed by atoms with Crippen molar-refractivity contribution >= 4 is 0 Å². The van der Waals surface area contributed by atoms with Crippen LogP contribution in [0.2, 0.25) is 0 Å². The van der Waals surface area contributed by atoms with Gasteiger partial charge in [-0.3, -0.25) is 0 Å². The van der Waals surface area contributed by atoms with E-state index in [4.69, 9.17) is 4.74 Å². The number of ether oxygens (including phenoxy) is 1. The highest BCUT2D eigenvalue weighted by Crippen LogP contribution is 2.34. The number of phenolic OH excluding ortho intramolecular Hbond substituents is 1. The molecule has 0 bridgehead atoms. The molecule has 12 heavy (non-hydrogen) atoms. The molecule has 2 rings (SSSR count). The summed E-state index contributed by atoms with van der Waals surface area (Å²) in [5, 5.41) is 9.25. The summed E-state index contributed by atoms with van der Waals surface area (Å²) in [7, 11) is 0. The molecule has 1 aliphatic heterocycles. The highest BCUT2D eigenvalue weighted by Gasteiger charge is 2.21. The predicted octanol–water partition coefficient (Wildman–Crippen LogP) is 2.37. The van der Waals surface area contributed by atoms with E-state index in [1.54, 1.807) is 12.1 Å². The van der Waals surface area contributed by atoms with Gasteiger partial charge in [0.25, 0.3) is 0 Å². The molecule has 1 aliphatic rings. The third-order valence-electron chi connectivity index (χ3n) is 2.29. The van der Waals surface area contributed by atoms with Crippen molar-refractivity contribution in [1.29, 1.82) is 0 Å². The minimum Gasteiger partial charge on any atom is -0.508 e. The van der Waals surface area contributed by atoms with Crippen LogP contribution in [0.15, 0.2) is 18.2 Å². The van der Waals surface area contributed by atoms with E-state index in [-0.39, 0.29) is 6.10 Å². The molecule has 1 heterocycles. The fourth-order valence-corrected chi connectivity index (χ4v) is 1.63. The molecular formula is C10H12O2. The van der Waals surface area contributed by atoms with Crippen LogP contribution in [0.5, 0.6) is 5.75 Å². The average Bonchev–Trinajstić information content (AvgIpc) is 2.46. The third-order valence-corrected chi connectivity index (χ3v) is 2.29. The number of benzene rings is 1. The lowest BCUT2D eigenvalue weighted by atomic mass is 10.0. The fourth-order valence-electron chi connectivity index (χ4n) is 1.63. The number of hydrogen-bond donors (Lipinski definition) is 1. The van der Waals surface area contributed by atoms with E-state index < -0.39 is 0 Å². The van der Waals surface area contributed by atoms with Crippen LogP contribution < -0.4 is 0 Å². The van der Waals surface area contributed by atoms with Crippen molar-refractivity contribution < 1.29 is 9.84 Å². The Morgan fingerprint density at radius 3 is 3.17 bits per heavy atom. The Bertz CT molecular complexity index is 294. The SMILES string of the molecule is CCC1OCc2ccc(O)cc21. The summed E-state index contributed by atoms with van der Waals surface area (Å²) in [6, 6.07) is 5.44. The topological polar surface area (TPSA) is 29.5 Å². The van der Waals surface area contributed by atoms with Gasteiger partial charge in [0.15, 0.2) is 0 Å². The van der Waals surface area contributed by atoms with Gasteiger partial charge >= 0.3 is 0 Å². The van der Waals surface area contributed by atoms with E-state index in [2.05, 4.69) is 6.92 Å². The number of phenols is 1. The van der Waals surface area contributed by atoms with E-state index in [1.807, 2.05) is 6.07 Å². The highest BCUT2D eigenvalue weighted by molar-refractivity contribution is 5.37. The lowest BCUT2D eigenvalue weighted by Crippen LogP contribution is -1.92. The highest BCUT2D eigenvalue weighted by atomic mass is 16.5. The first-order valence-corrected chi connectivity index (χ1v) is 4.24. The van der Waals surface area contributed by atoms with Crippen LogP contribution in [-0.2, 0) is 11.3 Å². The largest absolute Gasteiger partial charge is 0.508 e. The van der Waals surface area contributed by atoms with Gasteiger partial charge in [-0.15, -0.1) is 0 Å². The van der Waals surface area contributed by atoms with Gasteiger partial charge in [0.2, 0.25) is 0 Å². The molecule has 1 unspecified atom stereocenters. The molecule has 64 valence electrons. The summed E-state index contributed by atoms with van der Waals surface area (Å²) in [6.45, 7) is 2.78. The van der Waals surface area contributed by atoms with E-state index in [0.717, 1.165) is 12.0 Å². The monoisotopic (exact) mass is 164 g/mol. The van der Waals surface area contributed by atoms with Crippen molar-refractivity contribution in [3.05, 3.63) is 29.3 Å². The summed E-state index contributed by atoms with van der Waals surface area (Å²) >= 11 is 0. The molecule has 0 radical (unpaired) electrons. The Kier molecular flexibility index (Phi) is 1.77. The minimum atomic E-state index is 0.187. The van der Waals surface area contributed by atoms with Gasteiger partial charge in [0.05, 0.1) is 12.7 Å². The maximum atomic E-state index is 9.25. The second-order valence-electron chi connectivity index (χ2n) is 3.09. The van der Waals surface area contributed by atoms with Gasteiger partial charge in [0, 0.05) is 0 Å². The molecule has 1 aromatic carbocycles. The van der Waals surface area contributed by atoms with Crippen LogP contribution in [0.1, 0.15) is 30.6 Å². The van der Waals surface area contributed by atoms with E-state index >= 15 is 0 Å². The Balaban J connectivity index is 2.42. The standard InChI is InChI=1S/C10H12O2/c1-2-10-9-5-8(11)4-3-7(9)6-12-10/h3-5,10-11H,2,6H2,1H3. The van der Waals surface area contributed by atoms with E-state index in [1.165, 1.54) is 5.56 Å². The van der Waals surface area contributed by atoms with Gasteiger partial charge in [0.1, 0.15) is 5.75 Å². The summed E-state index contributed by atoms with van der Waals surface area (Å²) in [5.41, 5.74) is 2.36. The normalized spacial score (nSPS) is 20.9. The van der Waals surface area contributed by atoms with Crippen LogP contribution in [0, 0.1) is 0 Å². The molecule has 0 saturated heterocycles. The first kappa shape index (κ1) is 7.62. The van der Waals surface area contributed by atoms with Crippen molar-refractivity contribution in [3.8, 4) is 5.75 Å². The molecule has 0 spiro atoms. The summed E-state index contributed by atoms with van der Waals surface area (Å²) < 4.78 is 5.52. The van der Waals surface area contributed by atoms with Crippen LogP contribution in [-0.4, -0.2) is 5.11 Å². The van der Waals surface area contributed by atoms with E-state index in [9.17, 15) is 5.11 Å². The maximum absolute atomic E-state index is 9.25. The molecule has 2 heteroatoms. The molecule has 2 nitrogen and oxygen atoms in total. The Labute approximate surface area is 71.8 Å². The average molecular weight is 164 g/mol. The molecule has 0 amide bonds. The van der Waals surface area contributed by atoms with Crippen molar-refractivity contribution in [2.75, 3.05) is 0 Å². The van der Waals surface area contributed by atoms with Crippen molar-refractivity contribution in [2.45, 2.75) is 26.1 Å². The van der Waals surface area contributed by atoms with E-state index in [0.29, 0.717) is 12.4 Å². The quantitative estimate of drug-likeness (QED) is 0.690. The molecule has 1 N–H and O–H groups in total. The van der Waals surface area contributed by atoms with Gasteiger partial charge in [-0.05, 0) is 29.7 Å². The van der Waals surface area contributed by atoms with Crippen molar-refractivity contribution in [3.63, 3.8) is 0 Å². The second-order valence-corrected chi connectivity index (χ2v) is 3.09. The number of aromatic hydroxyl groups is 1. The van der Waals surface area contributed by atoms with Crippen molar-refractivity contribution in [2.24, 2.45) is 0 Å². The Hall–Kier alpha value is -1.02. The zero-order chi connectivity index (χ0) is 8.55. The predicted molar refractivity (Wildman–Crippen MR) is 45.9 cm³/mol. The van der Waals surface area contributed by atoms with Gasteiger partial charge in [-0.1, -0.05) is 13.0 Å². The number of fused-ring (bicyclic) bond motifs is 1. The first-order chi connectivity index (χ1) is 5.81. The Morgan fingerprint density at radius 2 is 2.42 bits per heavy atom. The van der Waals surface area contributed by atoms with Gasteiger partial charge < -0.3 is 9.84 Å². The van der Waals surface area contributed by atoms with Crippen LogP contribution >= 0.6 is 0 Å². The molecular weight excluding hydrogens is 152 g/mol. The van der Waals surface area contributed by atoms with Gasteiger partial charge in [-0.2, -0.15) is 0 Å². The zero-order valence-electron chi connectivity index (χ0n) is 7.08. The molecule has 1 atom stereocenters. The van der Waals surface area contributed by atoms with Crippen LogP contribution in [0.4, 0.5) is 0 Å². The van der Waals surface area contributed by atoms with Crippen LogP contribution in [0.25, 0.3) is 0 Å². The second kappa shape index (κ2) is 2.79. The lowest BCUT2D eigenvalue weighted by Gasteiger charge is -2.06. The smallest absolute Gasteiger partial charge is 0.115 e. The van der Waals surface area contributed by atoms with Gasteiger partial charge in [-0.25, -0.2) is 0 Å². The molecule has 0 aromatic heterocycles. The zero-order valence-corrected chi connectivity index (χ0v) is 7.08. The van der Waals surface area contributed by atoms with Crippen molar-refractivity contribution in [1.82, 2.24) is 0 Å². The number of hydrogen-bond acceptors (Lipinski definition) is 2. The summed E-state index contributed by atoms with van der Waals surface area (Å²) in [4.78, 5) is 0. The third kappa shape index (κ3) is 1.08. The maximum Gasteiger partial charge on any atom is 0.115 e. The molecule has 0 aliphatic carbocycles.